The molecule has 1 N–H and O–H groups in total. The fraction of sp³-hybridized carbons (Fsp3) is 0.400. The van der Waals surface area contributed by atoms with Crippen LogP contribution in [0.4, 0.5) is 0 Å². The largest absolute Gasteiger partial charge is 0.441 e. The van der Waals surface area contributed by atoms with Crippen LogP contribution in [0.5, 0.6) is 0 Å². The standard InChI is InChI=1S/C15H19BrN2O/c1-10(2)17-7-6-15-18-9-14(19-15)13-8-12(16)5-4-11(13)3/h4-5,8-10,17H,6-7H2,1-3H3. The number of aryl methyl sites for hydroxylation is 1. The summed E-state index contributed by atoms with van der Waals surface area (Å²) >= 11 is 3.49. The van der Waals surface area contributed by atoms with Crippen LogP contribution < -0.4 is 5.32 Å². The number of hydrogen-bond donors (Lipinski definition) is 1. The second kappa shape index (κ2) is 6.35. The Balaban J connectivity index is 2.10. The van der Waals surface area contributed by atoms with Crippen molar-refractivity contribution < 1.29 is 4.42 Å². The van der Waals surface area contributed by atoms with Crippen molar-refractivity contribution >= 4 is 15.9 Å². The lowest BCUT2D eigenvalue weighted by Crippen LogP contribution is -2.24. The average Bonchev–Trinajstić information content (AvgIpc) is 2.80. The van der Waals surface area contributed by atoms with Crippen LogP contribution in [-0.4, -0.2) is 17.6 Å². The number of hydrogen-bond acceptors (Lipinski definition) is 3. The van der Waals surface area contributed by atoms with Gasteiger partial charge in [0.15, 0.2) is 11.7 Å². The van der Waals surface area contributed by atoms with E-state index >= 15 is 0 Å². The molecule has 1 aromatic carbocycles. The zero-order valence-electron chi connectivity index (χ0n) is 11.5. The van der Waals surface area contributed by atoms with E-state index in [9.17, 15) is 0 Å². The van der Waals surface area contributed by atoms with E-state index < -0.39 is 0 Å². The van der Waals surface area contributed by atoms with E-state index in [-0.39, 0.29) is 0 Å². The number of halogens is 1. The number of nitrogens with one attached hydrogen (secondary N) is 1. The van der Waals surface area contributed by atoms with Gasteiger partial charge >= 0.3 is 0 Å². The van der Waals surface area contributed by atoms with Crippen LogP contribution >= 0.6 is 15.9 Å². The smallest absolute Gasteiger partial charge is 0.196 e. The van der Waals surface area contributed by atoms with Gasteiger partial charge in [-0.3, -0.25) is 0 Å². The molecule has 4 heteroatoms. The Kier molecular flexibility index (Phi) is 4.77. The summed E-state index contributed by atoms with van der Waals surface area (Å²) in [4.78, 5) is 4.34. The molecule has 0 atom stereocenters. The van der Waals surface area contributed by atoms with Gasteiger partial charge in [-0.2, -0.15) is 0 Å². The molecule has 1 heterocycles. The quantitative estimate of drug-likeness (QED) is 0.905. The molecular formula is C15H19BrN2O. The minimum Gasteiger partial charge on any atom is -0.441 e. The van der Waals surface area contributed by atoms with E-state index in [1.165, 1.54) is 5.56 Å². The van der Waals surface area contributed by atoms with Crippen LogP contribution in [0.25, 0.3) is 11.3 Å². The molecule has 0 amide bonds. The molecule has 3 nitrogen and oxygen atoms in total. The van der Waals surface area contributed by atoms with Gasteiger partial charge in [-0.25, -0.2) is 4.98 Å². The summed E-state index contributed by atoms with van der Waals surface area (Å²) in [5.41, 5.74) is 2.27. The molecule has 2 aromatic rings. The SMILES string of the molecule is Cc1ccc(Br)cc1-c1cnc(CCNC(C)C)o1. The third-order valence-electron chi connectivity index (χ3n) is 2.91. The molecule has 0 radical (unpaired) electrons. The highest BCUT2D eigenvalue weighted by Crippen LogP contribution is 2.27. The Morgan fingerprint density at radius 2 is 2.16 bits per heavy atom. The van der Waals surface area contributed by atoms with Crippen LogP contribution in [-0.2, 0) is 6.42 Å². The lowest BCUT2D eigenvalue weighted by molar-refractivity contribution is 0.484. The maximum absolute atomic E-state index is 5.82. The van der Waals surface area contributed by atoms with Crippen molar-refractivity contribution in [1.82, 2.24) is 10.3 Å². The second-order valence-corrected chi connectivity index (χ2v) is 5.85. The lowest BCUT2D eigenvalue weighted by Gasteiger charge is -2.05. The van der Waals surface area contributed by atoms with Crippen LogP contribution in [0.2, 0.25) is 0 Å². The van der Waals surface area contributed by atoms with E-state index in [0.717, 1.165) is 34.7 Å². The summed E-state index contributed by atoms with van der Waals surface area (Å²) in [7, 11) is 0. The van der Waals surface area contributed by atoms with Gasteiger partial charge in [0.1, 0.15) is 0 Å². The molecule has 1 aromatic heterocycles. The Bertz CT molecular complexity index is 549. The molecule has 0 aliphatic carbocycles. The summed E-state index contributed by atoms with van der Waals surface area (Å²) in [5.74, 6) is 1.61. The van der Waals surface area contributed by atoms with Crippen LogP contribution in [0.15, 0.2) is 33.3 Å². The zero-order valence-corrected chi connectivity index (χ0v) is 13.1. The van der Waals surface area contributed by atoms with Gasteiger partial charge in [-0.05, 0) is 24.6 Å². The molecule has 0 unspecified atom stereocenters. The number of oxazole rings is 1. The van der Waals surface area contributed by atoms with Crippen molar-refractivity contribution in [3.8, 4) is 11.3 Å². The topological polar surface area (TPSA) is 38.1 Å². The van der Waals surface area contributed by atoms with Gasteiger partial charge in [0.25, 0.3) is 0 Å². The van der Waals surface area contributed by atoms with Gasteiger partial charge in [0, 0.05) is 29.0 Å². The number of rotatable bonds is 5. The molecule has 0 fully saturated rings. The Hall–Kier alpha value is -1.13. The van der Waals surface area contributed by atoms with Gasteiger partial charge in [-0.1, -0.05) is 35.8 Å². The minimum atomic E-state index is 0.488. The number of aromatic nitrogens is 1. The normalized spacial score (nSPS) is 11.2. The van der Waals surface area contributed by atoms with Gasteiger partial charge in [0.2, 0.25) is 0 Å². The van der Waals surface area contributed by atoms with E-state index in [1.54, 1.807) is 6.20 Å². The van der Waals surface area contributed by atoms with Crippen LogP contribution in [0.3, 0.4) is 0 Å². The molecule has 102 valence electrons. The minimum absolute atomic E-state index is 0.488. The zero-order chi connectivity index (χ0) is 13.8. The van der Waals surface area contributed by atoms with E-state index in [2.05, 4.69) is 59.1 Å². The first-order valence-corrected chi connectivity index (χ1v) is 7.30. The molecule has 0 saturated carbocycles. The summed E-state index contributed by atoms with van der Waals surface area (Å²) in [6.45, 7) is 7.22. The first kappa shape index (κ1) is 14.3. The summed E-state index contributed by atoms with van der Waals surface area (Å²) < 4.78 is 6.86. The highest BCUT2D eigenvalue weighted by atomic mass is 79.9. The van der Waals surface area contributed by atoms with Crippen molar-refractivity contribution in [2.24, 2.45) is 0 Å². The average molecular weight is 323 g/mol. The second-order valence-electron chi connectivity index (χ2n) is 4.94. The lowest BCUT2D eigenvalue weighted by atomic mass is 10.1. The predicted molar refractivity (Wildman–Crippen MR) is 81.2 cm³/mol. The highest BCUT2D eigenvalue weighted by molar-refractivity contribution is 9.10. The van der Waals surface area contributed by atoms with Gasteiger partial charge in [-0.15, -0.1) is 0 Å². The van der Waals surface area contributed by atoms with Crippen LogP contribution in [0.1, 0.15) is 25.3 Å². The maximum Gasteiger partial charge on any atom is 0.196 e. The fourth-order valence-corrected chi connectivity index (χ4v) is 2.24. The summed E-state index contributed by atoms with van der Waals surface area (Å²) in [5, 5.41) is 3.36. The molecule has 19 heavy (non-hydrogen) atoms. The predicted octanol–water partition coefficient (Wildman–Crippen LogP) is 3.95. The third-order valence-corrected chi connectivity index (χ3v) is 3.40. The van der Waals surface area contributed by atoms with Crippen molar-refractivity contribution in [3.05, 3.63) is 40.3 Å². The summed E-state index contributed by atoms with van der Waals surface area (Å²) in [6, 6.07) is 6.65. The third kappa shape index (κ3) is 3.91. The van der Waals surface area contributed by atoms with E-state index in [1.807, 2.05) is 6.07 Å². The Morgan fingerprint density at radius 3 is 2.89 bits per heavy atom. The van der Waals surface area contributed by atoms with Gasteiger partial charge in [0.05, 0.1) is 6.20 Å². The van der Waals surface area contributed by atoms with E-state index in [4.69, 9.17) is 4.42 Å². The van der Waals surface area contributed by atoms with Gasteiger partial charge < -0.3 is 9.73 Å². The molecule has 0 aliphatic rings. The van der Waals surface area contributed by atoms with Crippen molar-refractivity contribution in [2.45, 2.75) is 33.2 Å². The van der Waals surface area contributed by atoms with Crippen LogP contribution in [0, 0.1) is 6.92 Å². The van der Waals surface area contributed by atoms with Crippen molar-refractivity contribution in [2.75, 3.05) is 6.54 Å². The highest BCUT2D eigenvalue weighted by Gasteiger charge is 2.09. The first-order valence-electron chi connectivity index (χ1n) is 6.51. The first-order chi connectivity index (χ1) is 9.06. The molecule has 2 rings (SSSR count). The molecule has 0 bridgehead atoms. The molecular weight excluding hydrogens is 304 g/mol. The summed E-state index contributed by atoms with van der Waals surface area (Å²) in [6.07, 6.45) is 2.62. The van der Waals surface area contributed by atoms with E-state index in [0.29, 0.717) is 6.04 Å². The monoisotopic (exact) mass is 322 g/mol. The Labute approximate surface area is 122 Å². The number of nitrogens with zero attached hydrogens (tertiary/aromatic N) is 1. The molecule has 0 aliphatic heterocycles. The Morgan fingerprint density at radius 1 is 1.37 bits per heavy atom. The molecule has 0 saturated heterocycles. The maximum atomic E-state index is 5.82. The molecule has 0 spiro atoms. The van der Waals surface area contributed by atoms with Crippen molar-refractivity contribution in [3.63, 3.8) is 0 Å². The van der Waals surface area contributed by atoms with Crippen molar-refractivity contribution in [1.29, 1.82) is 0 Å². The fourth-order valence-electron chi connectivity index (χ4n) is 1.88. The number of benzene rings is 1.